The molecule has 1 fully saturated rings. The summed E-state index contributed by atoms with van der Waals surface area (Å²) in [5.74, 6) is 0.579. The van der Waals surface area contributed by atoms with Gasteiger partial charge >= 0.3 is 0 Å². The standard InChI is InChI=1S/C16H19N3O2S/c1-9-2-5-11-12(6-9)22-15-14(11)16(21)19(8-17-15)7-13(20)18-10-3-4-10/h8-10H,2-7H2,1H3,(H,18,20)/t9-/m1/s1. The molecule has 0 bridgehead atoms. The summed E-state index contributed by atoms with van der Waals surface area (Å²) in [7, 11) is 0. The van der Waals surface area contributed by atoms with Crippen molar-refractivity contribution >= 4 is 27.5 Å². The SMILES string of the molecule is C[C@@H]1CCc2c(sc3ncn(CC(=O)NC4CC4)c(=O)c23)C1. The number of fused-ring (bicyclic) bond motifs is 3. The predicted octanol–water partition coefficient (Wildman–Crippen LogP) is 1.86. The fourth-order valence-electron chi connectivity index (χ4n) is 3.13. The lowest BCUT2D eigenvalue weighted by Crippen LogP contribution is -2.33. The Morgan fingerprint density at radius 2 is 2.27 bits per heavy atom. The van der Waals surface area contributed by atoms with Crippen LogP contribution in [0.3, 0.4) is 0 Å². The van der Waals surface area contributed by atoms with Crippen LogP contribution >= 0.6 is 11.3 Å². The number of amides is 1. The van der Waals surface area contributed by atoms with E-state index < -0.39 is 0 Å². The van der Waals surface area contributed by atoms with Crippen LogP contribution < -0.4 is 10.9 Å². The average Bonchev–Trinajstić information content (AvgIpc) is 3.20. The van der Waals surface area contributed by atoms with Crippen LogP contribution in [0.5, 0.6) is 0 Å². The molecule has 0 unspecified atom stereocenters. The molecule has 116 valence electrons. The topological polar surface area (TPSA) is 64.0 Å². The third kappa shape index (κ3) is 2.45. The van der Waals surface area contributed by atoms with Crippen molar-refractivity contribution in [2.75, 3.05) is 0 Å². The van der Waals surface area contributed by atoms with Gasteiger partial charge in [0.1, 0.15) is 11.4 Å². The Morgan fingerprint density at radius 3 is 3.05 bits per heavy atom. The Kier molecular flexibility index (Phi) is 3.29. The molecule has 1 atom stereocenters. The molecule has 0 saturated heterocycles. The number of nitrogens with one attached hydrogen (secondary N) is 1. The van der Waals surface area contributed by atoms with Crippen LogP contribution in [0.2, 0.25) is 0 Å². The number of hydrogen-bond donors (Lipinski definition) is 1. The first-order valence-corrected chi connectivity index (χ1v) is 8.72. The van der Waals surface area contributed by atoms with Crippen LogP contribution in [-0.4, -0.2) is 21.5 Å². The van der Waals surface area contributed by atoms with Gasteiger partial charge in [-0.1, -0.05) is 6.92 Å². The number of carbonyl (C=O) groups excluding carboxylic acids is 1. The number of hydrogen-bond acceptors (Lipinski definition) is 4. The van der Waals surface area contributed by atoms with Gasteiger partial charge in [-0.15, -0.1) is 11.3 Å². The van der Waals surface area contributed by atoms with Crippen LogP contribution in [0, 0.1) is 5.92 Å². The zero-order valence-electron chi connectivity index (χ0n) is 12.6. The van der Waals surface area contributed by atoms with Crippen molar-refractivity contribution in [3.8, 4) is 0 Å². The molecular formula is C16H19N3O2S. The molecule has 1 N–H and O–H groups in total. The molecule has 0 aromatic carbocycles. The van der Waals surface area contributed by atoms with Gasteiger partial charge in [-0.3, -0.25) is 14.2 Å². The van der Waals surface area contributed by atoms with Crippen LogP contribution in [0.4, 0.5) is 0 Å². The minimum atomic E-state index is -0.0940. The van der Waals surface area contributed by atoms with Crippen molar-refractivity contribution < 1.29 is 4.79 Å². The van der Waals surface area contributed by atoms with Gasteiger partial charge in [0, 0.05) is 10.9 Å². The van der Waals surface area contributed by atoms with Gasteiger partial charge in [-0.25, -0.2) is 4.98 Å². The van der Waals surface area contributed by atoms with Crippen LogP contribution in [0.25, 0.3) is 10.2 Å². The quantitative estimate of drug-likeness (QED) is 0.940. The third-order valence-electron chi connectivity index (χ3n) is 4.54. The highest BCUT2D eigenvalue weighted by Gasteiger charge is 2.25. The van der Waals surface area contributed by atoms with Crippen molar-refractivity contribution in [3.63, 3.8) is 0 Å². The lowest BCUT2D eigenvalue weighted by atomic mass is 9.89. The number of nitrogens with zero attached hydrogens (tertiary/aromatic N) is 2. The molecule has 4 rings (SSSR count). The Labute approximate surface area is 132 Å². The number of carbonyl (C=O) groups is 1. The van der Waals surface area contributed by atoms with E-state index in [1.165, 1.54) is 21.3 Å². The van der Waals surface area contributed by atoms with Gasteiger partial charge < -0.3 is 5.32 Å². The van der Waals surface area contributed by atoms with E-state index in [9.17, 15) is 9.59 Å². The Bertz CT molecular complexity index is 804. The molecule has 2 aromatic rings. The van der Waals surface area contributed by atoms with Gasteiger partial charge in [-0.05, 0) is 43.6 Å². The van der Waals surface area contributed by atoms with E-state index in [0.717, 1.165) is 42.3 Å². The minimum Gasteiger partial charge on any atom is -0.352 e. The normalized spacial score (nSPS) is 20.9. The first-order valence-electron chi connectivity index (χ1n) is 7.91. The highest BCUT2D eigenvalue weighted by atomic mass is 32.1. The number of aryl methyl sites for hydroxylation is 1. The van der Waals surface area contributed by atoms with Gasteiger partial charge in [0.05, 0.1) is 11.7 Å². The Morgan fingerprint density at radius 1 is 1.45 bits per heavy atom. The lowest BCUT2D eigenvalue weighted by molar-refractivity contribution is -0.121. The Balaban J connectivity index is 1.70. The zero-order valence-corrected chi connectivity index (χ0v) is 13.4. The van der Waals surface area contributed by atoms with Gasteiger partial charge in [0.15, 0.2) is 0 Å². The van der Waals surface area contributed by atoms with E-state index in [1.807, 2.05) is 0 Å². The van der Waals surface area contributed by atoms with E-state index in [2.05, 4.69) is 17.2 Å². The molecule has 1 amide bonds. The average molecular weight is 317 g/mol. The molecule has 0 spiro atoms. The summed E-state index contributed by atoms with van der Waals surface area (Å²) in [6.45, 7) is 2.32. The molecule has 2 aliphatic rings. The molecule has 0 aliphatic heterocycles. The highest BCUT2D eigenvalue weighted by Crippen LogP contribution is 2.35. The van der Waals surface area contributed by atoms with Crippen LogP contribution in [0.1, 0.15) is 36.6 Å². The summed E-state index contributed by atoms with van der Waals surface area (Å²) in [6.07, 6.45) is 6.73. The number of rotatable bonds is 3. The minimum absolute atomic E-state index is 0.0667. The molecule has 2 aliphatic carbocycles. The van der Waals surface area contributed by atoms with Crippen molar-refractivity contribution in [1.82, 2.24) is 14.9 Å². The van der Waals surface area contributed by atoms with E-state index >= 15 is 0 Å². The summed E-state index contributed by atoms with van der Waals surface area (Å²) in [4.78, 5) is 31.2. The maximum Gasteiger partial charge on any atom is 0.262 e. The second-order valence-electron chi connectivity index (χ2n) is 6.55. The van der Waals surface area contributed by atoms with Gasteiger partial charge in [-0.2, -0.15) is 0 Å². The summed E-state index contributed by atoms with van der Waals surface area (Å²) in [6, 6.07) is 0.315. The number of aromatic nitrogens is 2. The molecule has 0 radical (unpaired) electrons. The maximum absolute atomic E-state index is 12.7. The molecule has 5 nitrogen and oxygen atoms in total. The molecule has 2 heterocycles. The van der Waals surface area contributed by atoms with Gasteiger partial charge in [0.2, 0.25) is 5.91 Å². The molecule has 2 aromatic heterocycles. The maximum atomic E-state index is 12.7. The van der Waals surface area contributed by atoms with Crippen LogP contribution in [0.15, 0.2) is 11.1 Å². The van der Waals surface area contributed by atoms with Crippen molar-refractivity contribution in [2.24, 2.45) is 5.92 Å². The van der Waals surface area contributed by atoms with E-state index in [4.69, 9.17) is 0 Å². The first kappa shape index (κ1) is 13.9. The molecule has 6 heteroatoms. The molecular weight excluding hydrogens is 298 g/mol. The van der Waals surface area contributed by atoms with E-state index in [1.54, 1.807) is 11.3 Å². The summed E-state index contributed by atoms with van der Waals surface area (Å²) >= 11 is 1.64. The molecule has 1 saturated carbocycles. The summed E-state index contributed by atoms with van der Waals surface area (Å²) in [5.41, 5.74) is 1.11. The summed E-state index contributed by atoms with van der Waals surface area (Å²) in [5, 5.41) is 3.66. The van der Waals surface area contributed by atoms with Crippen molar-refractivity contribution in [2.45, 2.75) is 51.6 Å². The van der Waals surface area contributed by atoms with Crippen molar-refractivity contribution in [1.29, 1.82) is 0 Å². The largest absolute Gasteiger partial charge is 0.352 e. The van der Waals surface area contributed by atoms with Crippen LogP contribution in [-0.2, 0) is 24.2 Å². The predicted molar refractivity (Wildman–Crippen MR) is 86.2 cm³/mol. The van der Waals surface area contributed by atoms with Crippen molar-refractivity contribution in [3.05, 3.63) is 27.1 Å². The third-order valence-corrected chi connectivity index (χ3v) is 5.70. The highest BCUT2D eigenvalue weighted by molar-refractivity contribution is 7.18. The smallest absolute Gasteiger partial charge is 0.262 e. The Hall–Kier alpha value is -1.69. The zero-order chi connectivity index (χ0) is 15.3. The van der Waals surface area contributed by atoms with E-state index in [0.29, 0.717) is 12.0 Å². The lowest BCUT2D eigenvalue weighted by Gasteiger charge is -2.17. The van der Waals surface area contributed by atoms with E-state index in [-0.39, 0.29) is 18.0 Å². The second kappa shape index (κ2) is 5.19. The van der Waals surface area contributed by atoms with Gasteiger partial charge in [0.25, 0.3) is 5.56 Å². The first-order chi connectivity index (χ1) is 10.6. The summed E-state index contributed by atoms with van der Waals surface area (Å²) < 4.78 is 1.45. The number of thiophene rings is 1. The fraction of sp³-hybridized carbons (Fsp3) is 0.562. The molecule has 22 heavy (non-hydrogen) atoms. The fourth-order valence-corrected chi connectivity index (χ4v) is 4.48. The monoisotopic (exact) mass is 317 g/mol. The second-order valence-corrected chi connectivity index (χ2v) is 7.63.